The molecule has 5 heteroatoms. The highest BCUT2D eigenvalue weighted by Gasteiger charge is 2.42. The molecule has 1 fully saturated rings. The standard InChI is InChI=1S/C16H22N2O2S/c1-2-20-13-9-5-4-8-12(13)18-15(19)16(14(17)21)10-6-3-7-11-16/h4-5,8-9H,2-3,6-7,10-11H2,1H3,(H2,17,21)(H,18,19). The molecule has 1 amide bonds. The Morgan fingerprint density at radius 3 is 2.62 bits per heavy atom. The van der Waals surface area contributed by atoms with Gasteiger partial charge in [0.25, 0.3) is 0 Å². The Hall–Kier alpha value is -1.62. The number of thiocarbonyl (C=S) groups is 1. The van der Waals surface area contributed by atoms with Gasteiger partial charge in [-0.3, -0.25) is 4.79 Å². The monoisotopic (exact) mass is 306 g/mol. The highest BCUT2D eigenvalue weighted by Crippen LogP contribution is 2.38. The van der Waals surface area contributed by atoms with Gasteiger partial charge in [0.05, 0.1) is 22.7 Å². The third kappa shape index (κ3) is 3.35. The number of benzene rings is 1. The molecule has 0 spiro atoms. The fourth-order valence-electron chi connectivity index (χ4n) is 2.83. The maximum Gasteiger partial charge on any atom is 0.237 e. The number of carbonyl (C=O) groups excluding carboxylic acids is 1. The average Bonchev–Trinajstić information content (AvgIpc) is 2.50. The summed E-state index contributed by atoms with van der Waals surface area (Å²) in [6.07, 6.45) is 4.55. The number of carbonyl (C=O) groups is 1. The second-order valence-corrected chi connectivity index (χ2v) is 5.83. The minimum absolute atomic E-state index is 0.109. The van der Waals surface area contributed by atoms with Crippen LogP contribution in [0.1, 0.15) is 39.0 Å². The van der Waals surface area contributed by atoms with Gasteiger partial charge < -0.3 is 15.8 Å². The molecule has 1 aliphatic carbocycles. The first-order valence-electron chi connectivity index (χ1n) is 7.43. The van der Waals surface area contributed by atoms with Gasteiger partial charge in [0.1, 0.15) is 5.75 Å². The molecule has 114 valence electrons. The van der Waals surface area contributed by atoms with Crippen LogP contribution < -0.4 is 15.8 Å². The number of anilines is 1. The molecule has 2 rings (SSSR count). The van der Waals surface area contributed by atoms with E-state index in [0.717, 1.165) is 32.1 Å². The lowest BCUT2D eigenvalue weighted by atomic mass is 9.73. The molecule has 0 atom stereocenters. The summed E-state index contributed by atoms with van der Waals surface area (Å²) in [5.74, 6) is 0.559. The van der Waals surface area contributed by atoms with Crippen molar-refractivity contribution in [2.45, 2.75) is 39.0 Å². The van der Waals surface area contributed by atoms with Gasteiger partial charge >= 0.3 is 0 Å². The fourth-order valence-corrected chi connectivity index (χ4v) is 3.13. The van der Waals surface area contributed by atoms with Crippen molar-refractivity contribution in [1.29, 1.82) is 0 Å². The largest absolute Gasteiger partial charge is 0.492 e. The molecule has 0 bridgehead atoms. The van der Waals surface area contributed by atoms with Crippen LogP contribution in [0.4, 0.5) is 5.69 Å². The van der Waals surface area contributed by atoms with Gasteiger partial charge in [0.15, 0.2) is 0 Å². The second-order valence-electron chi connectivity index (χ2n) is 5.39. The van der Waals surface area contributed by atoms with Crippen molar-refractivity contribution in [2.75, 3.05) is 11.9 Å². The summed E-state index contributed by atoms with van der Waals surface area (Å²) in [7, 11) is 0. The normalized spacial score (nSPS) is 17.0. The Labute approximate surface area is 131 Å². The first kappa shape index (κ1) is 15.8. The van der Waals surface area contributed by atoms with Gasteiger partial charge in [0.2, 0.25) is 5.91 Å². The first-order chi connectivity index (χ1) is 10.1. The summed E-state index contributed by atoms with van der Waals surface area (Å²) >= 11 is 5.19. The summed E-state index contributed by atoms with van der Waals surface area (Å²) in [6, 6.07) is 7.42. The van der Waals surface area contributed by atoms with Crippen molar-refractivity contribution in [3.8, 4) is 5.75 Å². The number of ether oxygens (including phenoxy) is 1. The van der Waals surface area contributed by atoms with Crippen LogP contribution in [-0.4, -0.2) is 17.5 Å². The highest BCUT2D eigenvalue weighted by molar-refractivity contribution is 7.80. The highest BCUT2D eigenvalue weighted by atomic mass is 32.1. The van der Waals surface area contributed by atoms with Crippen LogP contribution in [-0.2, 0) is 4.79 Å². The summed E-state index contributed by atoms with van der Waals surface area (Å²) in [5, 5.41) is 2.96. The van der Waals surface area contributed by atoms with Crippen LogP contribution in [0.5, 0.6) is 5.75 Å². The van der Waals surface area contributed by atoms with Crippen LogP contribution in [0.3, 0.4) is 0 Å². The molecule has 1 aromatic carbocycles. The molecule has 21 heavy (non-hydrogen) atoms. The lowest BCUT2D eigenvalue weighted by molar-refractivity contribution is -0.123. The number of nitrogens with two attached hydrogens (primary N) is 1. The number of rotatable bonds is 5. The van der Waals surface area contributed by atoms with Crippen LogP contribution in [0.15, 0.2) is 24.3 Å². The van der Waals surface area contributed by atoms with Crippen molar-refractivity contribution < 1.29 is 9.53 Å². The van der Waals surface area contributed by atoms with E-state index in [2.05, 4.69) is 5.32 Å². The number of nitrogens with one attached hydrogen (secondary N) is 1. The molecular weight excluding hydrogens is 284 g/mol. The van der Waals surface area contributed by atoms with Crippen molar-refractivity contribution in [1.82, 2.24) is 0 Å². The third-order valence-corrected chi connectivity index (χ3v) is 4.44. The Bertz CT molecular complexity index is 525. The van der Waals surface area contributed by atoms with E-state index in [1.807, 2.05) is 31.2 Å². The van der Waals surface area contributed by atoms with E-state index in [0.29, 0.717) is 23.0 Å². The predicted molar refractivity (Wildman–Crippen MR) is 88.5 cm³/mol. The van der Waals surface area contributed by atoms with E-state index in [-0.39, 0.29) is 5.91 Å². The Morgan fingerprint density at radius 2 is 2.00 bits per heavy atom. The molecule has 3 N–H and O–H groups in total. The summed E-state index contributed by atoms with van der Waals surface area (Å²) < 4.78 is 5.54. The van der Waals surface area contributed by atoms with E-state index < -0.39 is 5.41 Å². The minimum Gasteiger partial charge on any atom is -0.492 e. The van der Waals surface area contributed by atoms with Crippen LogP contribution in [0, 0.1) is 5.41 Å². The van der Waals surface area contributed by atoms with E-state index in [4.69, 9.17) is 22.7 Å². The average molecular weight is 306 g/mol. The lowest BCUT2D eigenvalue weighted by Gasteiger charge is -2.34. The molecule has 1 aliphatic rings. The van der Waals surface area contributed by atoms with E-state index in [9.17, 15) is 4.79 Å². The van der Waals surface area contributed by atoms with Crippen molar-refractivity contribution in [2.24, 2.45) is 11.1 Å². The van der Waals surface area contributed by atoms with E-state index in [1.165, 1.54) is 0 Å². The van der Waals surface area contributed by atoms with E-state index >= 15 is 0 Å². The molecular formula is C16H22N2O2S. The van der Waals surface area contributed by atoms with Gasteiger partial charge in [-0.15, -0.1) is 0 Å². The quantitative estimate of drug-likeness (QED) is 0.820. The minimum atomic E-state index is -0.715. The second kappa shape index (κ2) is 6.89. The van der Waals surface area contributed by atoms with Gasteiger partial charge in [-0.1, -0.05) is 43.6 Å². The number of para-hydroxylation sites is 2. The molecule has 1 saturated carbocycles. The summed E-state index contributed by atoms with van der Waals surface area (Å²) in [6.45, 7) is 2.46. The molecule has 0 unspecified atom stereocenters. The zero-order chi connectivity index (χ0) is 15.3. The van der Waals surface area contributed by atoms with E-state index in [1.54, 1.807) is 0 Å². The molecule has 0 heterocycles. The summed E-state index contributed by atoms with van der Waals surface area (Å²) in [4.78, 5) is 13.1. The van der Waals surface area contributed by atoms with Crippen LogP contribution in [0.25, 0.3) is 0 Å². The number of hydrogen-bond donors (Lipinski definition) is 2. The Kier molecular flexibility index (Phi) is 5.17. The number of hydrogen-bond acceptors (Lipinski definition) is 3. The zero-order valence-corrected chi connectivity index (χ0v) is 13.2. The van der Waals surface area contributed by atoms with Gasteiger partial charge in [-0.2, -0.15) is 0 Å². The SMILES string of the molecule is CCOc1ccccc1NC(=O)C1(C(N)=S)CCCCC1. The lowest BCUT2D eigenvalue weighted by Crippen LogP contribution is -2.47. The van der Waals surface area contributed by atoms with Gasteiger partial charge in [-0.25, -0.2) is 0 Å². The maximum atomic E-state index is 12.8. The van der Waals surface area contributed by atoms with Gasteiger partial charge in [-0.05, 0) is 31.9 Å². The maximum absolute atomic E-state index is 12.8. The molecule has 0 aliphatic heterocycles. The van der Waals surface area contributed by atoms with Crippen LogP contribution >= 0.6 is 12.2 Å². The van der Waals surface area contributed by atoms with Gasteiger partial charge in [0, 0.05) is 0 Å². The summed E-state index contributed by atoms with van der Waals surface area (Å²) in [5.41, 5.74) is 5.85. The third-order valence-electron chi connectivity index (χ3n) is 4.05. The van der Waals surface area contributed by atoms with Crippen LogP contribution in [0.2, 0.25) is 0 Å². The topological polar surface area (TPSA) is 64.3 Å². The van der Waals surface area contributed by atoms with Crippen molar-refractivity contribution in [3.05, 3.63) is 24.3 Å². The van der Waals surface area contributed by atoms with Crippen molar-refractivity contribution in [3.63, 3.8) is 0 Å². The molecule has 4 nitrogen and oxygen atoms in total. The Balaban J connectivity index is 2.21. The smallest absolute Gasteiger partial charge is 0.237 e. The Morgan fingerprint density at radius 1 is 1.33 bits per heavy atom. The number of amides is 1. The molecule has 0 radical (unpaired) electrons. The first-order valence-corrected chi connectivity index (χ1v) is 7.84. The van der Waals surface area contributed by atoms with Crippen molar-refractivity contribution >= 4 is 28.8 Å². The molecule has 1 aromatic rings. The molecule has 0 aromatic heterocycles. The fraction of sp³-hybridized carbons (Fsp3) is 0.500. The molecule has 0 saturated heterocycles. The zero-order valence-electron chi connectivity index (χ0n) is 12.4. The predicted octanol–water partition coefficient (Wildman–Crippen LogP) is 3.26.